The number of aromatic carboxylic acids is 1. The zero-order valence-corrected chi connectivity index (χ0v) is 11.8. The fourth-order valence-electron chi connectivity index (χ4n) is 1.65. The van der Waals surface area contributed by atoms with E-state index in [0.717, 1.165) is 17.0 Å². The van der Waals surface area contributed by atoms with Crippen molar-refractivity contribution < 1.29 is 14.8 Å². The van der Waals surface area contributed by atoms with Crippen molar-refractivity contribution in [1.82, 2.24) is 4.98 Å². The van der Waals surface area contributed by atoms with Crippen LogP contribution in [0.1, 0.15) is 10.5 Å². The lowest BCUT2D eigenvalue weighted by Gasteiger charge is -2.08. The fourth-order valence-corrected chi connectivity index (χ4v) is 2.11. The summed E-state index contributed by atoms with van der Waals surface area (Å²) >= 11 is 1.52. The minimum Gasteiger partial charge on any atom is -0.477 e. The zero-order valence-electron chi connectivity index (χ0n) is 10.9. The molecular formula is C13H11N3O4S. The van der Waals surface area contributed by atoms with Crippen molar-refractivity contribution in [3.63, 3.8) is 0 Å². The highest BCUT2D eigenvalue weighted by Gasteiger charge is 2.18. The van der Waals surface area contributed by atoms with E-state index in [1.54, 1.807) is 18.2 Å². The summed E-state index contributed by atoms with van der Waals surface area (Å²) in [5.41, 5.74) is 0.0543. The quantitative estimate of drug-likeness (QED) is 0.496. The zero-order chi connectivity index (χ0) is 15.4. The maximum absolute atomic E-state index is 11.0. The number of pyridine rings is 1. The molecule has 0 amide bonds. The van der Waals surface area contributed by atoms with Crippen LogP contribution in [0.4, 0.5) is 17.2 Å². The predicted octanol–water partition coefficient (Wildman–Crippen LogP) is 3.15. The molecule has 0 aliphatic heterocycles. The summed E-state index contributed by atoms with van der Waals surface area (Å²) in [7, 11) is 0. The van der Waals surface area contributed by atoms with Crippen LogP contribution in [0.25, 0.3) is 0 Å². The summed E-state index contributed by atoms with van der Waals surface area (Å²) < 4.78 is 0. The molecule has 8 heteroatoms. The van der Waals surface area contributed by atoms with E-state index >= 15 is 0 Å². The topological polar surface area (TPSA) is 105 Å². The van der Waals surface area contributed by atoms with Crippen LogP contribution in [0.5, 0.6) is 0 Å². The molecule has 7 nitrogen and oxygen atoms in total. The number of anilines is 2. The van der Waals surface area contributed by atoms with Crippen molar-refractivity contribution in [3.8, 4) is 0 Å². The molecule has 2 aromatic rings. The number of nitro groups is 1. The second-order valence-electron chi connectivity index (χ2n) is 3.98. The van der Waals surface area contributed by atoms with Crippen LogP contribution in [-0.4, -0.2) is 27.2 Å². The Labute approximate surface area is 124 Å². The number of benzene rings is 1. The van der Waals surface area contributed by atoms with Crippen molar-refractivity contribution >= 4 is 34.9 Å². The van der Waals surface area contributed by atoms with Gasteiger partial charge in [0, 0.05) is 16.6 Å². The smallest absolute Gasteiger partial charge is 0.354 e. The molecule has 1 aromatic heterocycles. The number of rotatable bonds is 5. The summed E-state index contributed by atoms with van der Waals surface area (Å²) in [6.07, 6.45) is 1.91. The molecule has 1 heterocycles. The van der Waals surface area contributed by atoms with Crippen LogP contribution >= 0.6 is 11.8 Å². The van der Waals surface area contributed by atoms with Gasteiger partial charge < -0.3 is 10.4 Å². The summed E-state index contributed by atoms with van der Waals surface area (Å²) in [6, 6.07) is 9.43. The van der Waals surface area contributed by atoms with Crippen molar-refractivity contribution in [3.05, 3.63) is 52.2 Å². The second kappa shape index (κ2) is 6.23. The largest absolute Gasteiger partial charge is 0.477 e. The molecule has 0 spiro atoms. The molecule has 21 heavy (non-hydrogen) atoms. The van der Waals surface area contributed by atoms with E-state index in [9.17, 15) is 14.9 Å². The highest BCUT2D eigenvalue weighted by Crippen LogP contribution is 2.27. The minimum atomic E-state index is -1.24. The van der Waals surface area contributed by atoms with Crippen LogP contribution in [0.15, 0.2) is 41.3 Å². The van der Waals surface area contributed by atoms with Crippen molar-refractivity contribution in [2.45, 2.75) is 4.90 Å². The molecule has 0 atom stereocenters. The maximum atomic E-state index is 11.0. The van der Waals surface area contributed by atoms with E-state index in [2.05, 4.69) is 10.3 Å². The molecule has 108 valence electrons. The van der Waals surface area contributed by atoms with Crippen LogP contribution < -0.4 is 5.32 Å². The summed E-state index contributed by atoms with van der Waals surface area (Å²) in [5.74, 6) is -1.34. The van der Waals surface area contributed by atoms with E-state index < -0.39 is 10.9 Å². The molecule has 0 saturated carbocycles. The normalized spacial score (nSPS) is 10.1. The van der Waals surface area contributed by atoms with Crippen molar-refractivity contribution in [1.29, 1.82) is 0 Å². The second-order valence-corrected chi connectivity index (χ2v) is 4.86. The fraction of sp³-hybridized carbons (Fsp3) is 0.0769. The number of carbonyl (C=O) groups is 1. The molecule has 0 radical (unpaired) electrons. The number of hydrogen-bond donors (Lipinski definition) is 2. The van der Waals surface area contributed by atoms with Gasteiger partial charge in [-0.3, -0.25) is 10.1 Å². The number of nitrogens with one attached hydrogen (secondary N) is 1. The lowest BCUT2D eigenvalue weighted by molar-refractivity contribution is -0.384. The highest BCUT2D eigenvalue weighted by molar-refractivity contribution is 7.98. The number of hydrogen-bond acceptors (Lipinski definition) is 6. The highest BCUT2D eigenvalue weighted by atomic mass is 32.2. The standard InChI is InChI=1S/C13H11N3O4S/c1-21-9-4-2-3-8(7-9)14-12-11(16(19)20)6-5-10(15-12)13(17)18/h2-7H,1H3,(H,14,15)(H,17,18). The van der Waals surface area contributed by atoms with Crippen LogP contribution in [0.3, 0.4) is 0 Å². The Bertz CT molecular complexity index is 706. The van der Waals surface area contributed by atoms with Gasteiger partial charge in [-0.2, -0.15) is 0 Å². The van der Waals surface area contributed by atoms with Gasteiger partial charge >= 0.3 is 11.7 Å². The summed E-state index contributed by atoms with van der Waals surface area (Å²) in [6.45, 7) is 0. The maximum Gasteiger partial charge on any atom is 0.354 e. The molecule has 0 unspecified atom stereocenters. The van der Waals surface area contributed by atoms with Crippen LogP contribution in [-0.2, 0) is 0 Å². The van der Waals surface area contributed by atoms with E-state index in [1.807, 2.05) is 12.3 Å². The van der Waals surface area contributed by atoms with Crippen LogP contribution in [0.2, 0.25) is 0 Å². The molecule has 0 saturated heterocycles. The molecular weight excluding hydrogens is 294 g/mol. The monoisotopic (exact) mass is 305 g/mol. The Morgan fingerprint density at radius 1 is 1.38 bits per heavy atom. The van der Waals surface area contributed by atoms with Gasteiger partial charge in [-0.15, -0.1) is 11.8 Å². The van der Waals surface area contributed by atoms with E-state index in [0.29, 0.717) is 5.69 Å². The van der Waals surface area contributed by atoms with Gasteiger partial charge in [-0.25, -0.2) is 9.78 Å². The Kier molecular flexibility index (Phi) is 4.39. The van der Waals surface area contributed by atoms with Gasteiger partial charge in [0.2, 0.25) is 5.82 Å². The number of thioether (sulfide) groups is 1. The third-order valence-corrected chi connectivity index (χ3v) is 3.35. The minimum absolute atomic E-state index is 0.0989. The van der Waals surface area contributed by atoms with Crippen molar-refractivity contribution in [2.75, 3.05) is 11.6 Å². The van der Waals surface area contributed by atoms with Gasteiger partial charge in [-0.1, -0.05) is 6.07 Å². The molecule has 0 aliphatic rings. The van der Waals surface area contributed by atoms with Crippen LogP contribution in [0, 0.1) is 10.1 Å². The van der Waals surface area contributed by atoms with Crippen molar-refractivity contribution in [2.24, 2.45) is 0 Å². The Balaban J connectivity index is 2.42. The van der Waals surface area contributed by atoms with Gasteiger partial charge in [0.25, 0.3) is 0 Å². The average molecular weight is 305 g/mol. The summed E-state index contributed by atoms with van der Waals surface area (Å²) in [5, 5.41) is 22.7. The van der Waals surface area contributed by atoms with Gasteiger partial charge in [0.05, 0.1) is 4.92 Å². The Morgan fingerprint density at radius 2 is 2.14 bits per heavy atom. The van der Waals surface area contributed by atoms with E-state index in [1.165, 1.54) is 11.8 Å². The predicted molar refractivity (Wildman–Crippen MR) is 79.4 cm³/mol. The lowest BCUT2D eigenvalue weighted by Crippen LogP contribution is -2.06. The van der Waals surface area contributed by atoms with E-state index in [4.69, 9.17) is 5.11 Å². The van der Waals surface area contributed by atoms with Gasteiger partial charge in [-0.05, 0) is 30.5 Å². The molecule has 0 bridgehead atoms. The summed E-state index contributed by atoms with van der Waals surface area (Å²) in [4.78, 5) is 26.1. The average Bonchev–Trinajstić information content (AvgIpc) is 2.47. The first kappa shape index (κ1) is 14.8. The number of aromatic nitrogens is 1. The molecule has 2 N–H and O–H groups in total. The number of carboxylic acid groups (broad SMARTS) is 1. The number of nitrogens with zero attached hydrogens (tertiary/aromatic N) is 2. The van der Waals surface area contributed by atoms with Gasteiger partial charge in [0.1, 0.15) is 0 Å². The first-order chi connectivity index (χ1) is 10.0. The molecule has 1 aromatic carbocycles. The molecule has 0 aliphatic carbocycles. The van der Waals surface area contributed by atoms with Gasteiger partial charge in [0.15, 0.2) is 5.69 Å². The SMILES string of the molecule is CSc1cccc(Nc2nc(C(=O)O)ccc2[N+](=O)[O-])c1. The first-order valence-electron chi connectivity index (χ1n) is 5.81. The number of carboxylic acids is 1. The Hall–Kier alpha value is -2.61. The Morgan fingerprint density at radius 3 is 2.76 bits per heavy atom. The van der Waals surface area contributed by atoms with E-state index in [-0.39, 0.29) is 17.2 Å². The lowest BCUT2D eigenvalue weighted by atomic mass is 10.3. The molecule has 2 rings (SSSR count). The third-order valence-electron chi connectivity index (χ3n) is 2.62. The molecule has 0 fully saturated rings. The first-order valence-corrected chi connectivity index (χ1v) is 7.03. The third kappa shape index (κ3) is 3.48.